The van der Waals surface area contributed by atoms with Crippen molar-refractivity contribution < 1.29 is 37.5 Å². The minimum atomic E-state index is -4.19. The lowest BCUT2D eigenvalue weighted by atomic mass is 9.33. The molecule has 21 heteroatoms. The quantitative estimate of drug-likeness (QED) is 0.0188. The van der Waals surface area contributed by atoms with Crippen LogP contribution < -0.4 is 25.6 Å². The number of β-amino-alcohol motifs (C(OH)–C–C–N with tert-alkyl or cyclic N) is 1. The molecule has 12 rings (SSSR count). The van der Waals surface area contributed by atoms with E-state index in [1.54, 1.807) is 64.6 Å². The number of benzene rings is 4. The highest BCUT2D eigenvalue weighted by molar-refractivity contribution is 7.99. The van der Waals surface area contributed by atoms with Crippen LogP contribution in [-0.2, 0) is 29.2 Å². The van der Waals surface area contributed by atoms with Crippen molar-refractivity contribution in [1.29, 1.82) is 0 Å². The molecule has 3 saturated carbocycles. The van der Waals surface area contributed by atoms with Crippen LogP contribution in [0.2, 0.25) is 0 Å². The van der Waals surface area contributed by atoms with Crippen molar-refractivity contribution in [3.63, 3.8) is 0 Å². The van der Waals surface area contributed by atoms with Gasteiger partial charge in [0.2, 0.25) is 23.6 Å². The van der Waals surface area contributed by atoms with Crippen molar-refractivity contribution >= 4 is 74.0 Å². The highest BCUT2D eigenvalue weighted by Crippen LogP contribution is 2.77. The summed E-state index contributed by atoms with van der Waals surface area (Å²) in [6, 6.07) is 28.3. The van der Waals surface area contributed by atoms with Gasteiger partial charge in [0.05, 0.1) is 33.1 Å². The second-order valence-corrected chi connectivity index (χ2v) is 34.8. The number of carbonyl (C=O) groups is 5. The Hall–Kier alpha value is -6.62. The van der Waals surface area contributed by atoms with Gasteiger partial charge in [-0.3, -0.25) is 33.8 Å². The zero-order chi connectivity index (χ0) is 69.7. The highest BCUT2D eigenvalue weighted by atomic mass is 32.2. The number of hydrogen-bond donors (Lipinski definition) is 5. The smallest absolute Gasteiger partial charge is 0.264 e. The van der Waals surface area contributed by atoms with E-state index in [0.717, 1.165) is 108 Å². The van der Waals surface area contributed by atoms with E-state index < -0.39 is 45.4 Å². The molecule has 4 aromatic carbocycles. The summed E-state index contributed by atoms with van der Waals surface area (Å²) in [4.78, 5) is 85.9. The number of likely N-dealkylation sites (tertiary alicyclic amines) is 1. The second-order valence-electron chi connectivity index (χ2n) is 31.2. The number of unbranched alkanes of at least 4 members (excludes halogenated alkanes) is 2. The molecule has 7 aliphatic rings. The lowest BCUT2D eigenvalue weighted by Crippen LogP contribution is -2.61. The third kappa shape index (κ3) is 17.7. The minimum absolute atomic E-state index is 0.0126. The van der Waals surface area contributed by atoms with Crippen molar-refractivity contribution in [3.8, 4) is 10.4 Å². The van der Waals surface area contributed by atoms with Gasteiger partial charge in [0.1, 0.15) is 12.1 Å². The molecule has 0 unspecified atom stereocenters. The summed E-state index contributed by atoms with van der Waals surface area (Å²) in [6.07, 6.45) is 10.3. The SMILES string of the molecule is Cc1cc(S(=O)(=O)NC(=O)c2ccc(N3CCN(CC4=C(C56CC(C)(C5)C6)CC(C)(C)CC4)CC3)cc2)ccc1N[C@H](CCN1CCN(C(=O)CCCCCC(=O)N[C@H](C(=O)N2C[C@H](O)C[C@H]2C(=O)N[C@@H](C)c2ccc(-c3scnc3C)cc2)C(C)(C)C)CC1)CSc1ccccc1. The number of aryl methyl sites for hydroxylation is 2. The number of allylic oxidation sites excluding steroid dienone is 1. The fraction of sp³-hybridized carbons (Fsp3) is 0.558. The number of thioether (sulfide) groups is 1. The maximum Gasteiger partial charge on any atom is 0.264 e. The topological polar surface area (TPSA) is 217 Å². The van der Waals surface area contributed by atoms with Crippen molar-refractivity contribution in [2.45, 2.75) is 186 Å². The normalized spacial score (nSPS) is 22.9. The van der Waals surface area contributed by atoms with Crippen molar-refractivity contribution in [2.75, 3.05) is 88.0 Å². The molecule has 5 aromatic rings. The Balaban J connectivity index is 0.598. The van der Waals surface area contributed by atoms with Gasteiger partial charge in [-0.05, 0) is 172 Å². The highest BCUT2D eigenvalue weighted by Gasteiger charge is 2.67. The van der Waals surface area contributed by atoms with Gasteiger partial charge in [-0.15, -0.1) is 23.1 Å². The Kier molecular flexibility index (Phi) is 22.7. The molecule has 18 nitrogen and oxygen atoms in total. The number of aliphatic hydroxyl groups is 1. The lowest BCUT2D eigenvalue weighted by Gasteiger charge is -2.72. The number of thiazole rings is 1. The number of piperazine rings is 2. The number of aliphatic hydroxyl groups excluding tert-OH is 1. The molecule has 0 spiro atoms. The van der Waals surface area contributed by atoms with Gasteiger partial charge in [-0.2, -0.15) is 0 Å². The van der Waals surface area contributed by atoms with Gasteiger partial charge in [-0.25, -0.2) is 18.1 Å². The van der Waals surface area contributed by atoms with Gasteiger partial charge in [0.25, 0.3) is 15.9 Å². The number of sulfonamides is 1. The number of nitrogens with one attached hydrogen (secondary N) is 4. The fourth-order valence-corrected chi connectivity index (χ4v) is 18.8. The molecular formula is C77H104N10O8S3. The Labute approximate surface area is 590 Å². The molecule has 5 amide bonds. The number of nitrogens with zero attached hydrogens (tertiary/aromatic N) is 6. The van der Waals surface area contributed by atoms with Gasteiger partial charge >= 0.3 is 0 Å². The Bertz CT molecular complexity index is 3780. The van der Waals surface area contributed by atoms with E-state index in [2.05, 4.69) is 73.3 Å². The van der Waals surface area contributed by atoms with Crippen molar-refractivity contribution in [1.82, 2.24) is 39.9 Å². The third-order valence-corrected chi connectivity index (χ3v) is 25.0. The van der Waals surface area contributed by atoms with E-state index in [0.29, 0.717) is 55.0 Å². The molecule has 4 heterocycles. The molecule has 98 heavy (non-hydrogen) atoms. The molecule has 0 radical (unpaired) electrons. The van der Waals surface area contributed by atoms with Crippen LogP contribution in [0.1, 0.15) is 165 Å². The molecule has 2 bridgehead atoms. The fourth-order valence-electron chi connectivity index (χ4n) is 16.0. The Morgan fingerprint density at radius 1 is 0.806 bits per heavy atom. The Morgan fingerprint density at radius 2 is 1.49 bits per heavy atom. The van der Waals surface area contributed by atoms with E-state index in [1.165, 1.54) is 43.4 Å². The first-order chi connectivity index (χ1) is 46.6. The first-order valence-corrected chi connectivity index (χ1v) is 39.0. The summed E-state index contributed by atoms with van der Waals surface area (Å²) in [5.74, 6) is -0.874. The number of rotatable bonds is 27. The van der Waals surface area contributed by atoms with Crippen LogP contribution >= 0.6 is 23.1 Å². The molecule has 3 aliphatic heterocycles. The van der Waals surface area contributed by atoms with Gasteiger partial charge < -0.3 is 35.8 Å². The summed E-state index contributed by atoms with van der Waals surface area (Å²) in [5.41, 5.74) is 11.9. The van der Waals surface area contributed by atoms with Crippen molar-refractivity contribution in [2.24, 2.45) is 21.7 Å². The lowest BCUT2D eigenvalue weighted by molar-refractivity contribution is -0.167. The average molecular weight is 1390 g/mol. The van der Waals surface area contributed by atoms with Gasteiger partial charge in [0.15, 0.2) is 0 Å². The van der Waals surface area contributed by atoms with Crippen LogP contribution in [0, 0.1) is 35.5 Å². The zero-order valence-electron chi connectivity index (χ0n) is 59.1. The first-order valence-electron chi connectivity index (χ1n) is 35.6. The first kappa shape index (κ1) is 72.6. The van der Waals surface area contributed by atoms with Crippen LogP contribution in [0.15, 0.2) is 124 Å². The maximum atomic E-state index is 14.3. The van der Waals surface area contributed by atoms with E-state index in [9.17, 15) is 37.5 Å². The number of amides is 5. The van der Waals surface area contributed by atoms with Crippen LogP contribution in [0.25, 0.3) is 10.4 Å². The summed E-state index contributed by atoms with van der Waals surface area (Å²) in [5, 5.41) is 20.5. The molecule has 528 valence electrons. The predicted molar refractivity (Wildman–Crippen MR) is 392 cm³/mol. The largest absolute Gasteiger partial charge is 0.391 e. The van der Waals surface area contributed by atoms with E-state index in [4.69, 9.17) is 0 Å². The minimum Gasteiger partial charge on any atom is -0.391 e. The van der Waals surface area contributed by atoms with E-state index >= 15 is 0 Å². The Morgan fingerprint density at radius 3 is 2.14 bits per heavy atom. The standard InChI is InChI=1S/C77H104N10O8S3/c1-52-42-63(98(94,95)82-71(91)57-24-26-60(27-25-57)85-38-36-84(37-39-85)45-58-30-32-75(7,8)44-64(58)77-48-76(9,49-77)50-77)28-29-65(52)80-59(47-96-62-16-12-10-13-17-62)31-33-83-34-40-86(41-35-83)68(90)19-15-11-14-18-67(89)81-70(74(4,5)6)73(93)87-46-61(88)43-66(87)72(92)79-53(2)55-20-22-56(23-21-55)69-54(3)78-51-97-69/h10,12-13,16-17,20-29,42,51,53,59,61,66,70,80,88H,11,14-15,18-19,30-41,43-50H2,1-9H3,(H,79,92)(H,81,89)(H,82,91)/t53-,59+,61+,66-,70+,76?,77?/m0/s1. The van der Waals surface area contributed by atoms with Crippen molar-refractivity contribution in [3.05, 3.63) is 136 Å². The van der Waals surface area contributed by atoms with Crippen LogP contribution in [0.5, 0.6) is 0 Å². The zero-order valence-corrected chi connectivity index (χ0v) is 61.5. The summed E-state index contributed by atoms with van der Waals surface area (Å²) in [7, 11) is -4.19. The number of aromatic nitrogens is 1. The molecule has 6 fully saturated rings. The monoisotopic (exact) mass is 1390 g/mol. The summed E-state index contributed by atoms with van der Waals surface area (Å²) >= 11 is 3.33. The third-order valence-electron chi connectivity index (χ3n) is 21.6. The molecule has 3 saturated heterocycles. The molecular weight excluding hydrogens is 1290 g/mol. The molecule has 5 atom stereocenters. The van der Waals surface area contributed by atoms with Gasteiger partial charge in [0, 0.05) is 125 Å². The number of carbonyl (C=O) groups excluding carboxylic acids is 5. The molecule has 5 N–H and O–H groups in total. The predicted octanol–water partition coefficient (Wildman–Crippen LogP) is 11.8. The van der Waals surface area contributed by atoms with E-state index in [1.807, 2.05) is 107 Å². The number of anilines is 2. The number of hydrogen-bond acceptors (Lipinski definition) is 15. The summed E-state index contributed by atoms with van der Waals surface area (Å²) in [6.45, 7) is 27.0. The van der Waals surface area contributed by atoms with E-state index in [-0.39, 0.29) is 59.7 Å². The van der Waals surface area contributed by atoms with Crippen LogP contribution in [0.3, 0.4) is 0 Å². The second kappa shape index (κ2) is 30.7. The van der Waals surface area contributed by atoms with Crippen LogP contribution in [-0.4, -0.2) is 170 Å². The maximum absolute atomic E-state index is 14.3. The molecule has 1 aromatic heterocycles. The average Bonchev–Trinajstić information content (AvgIpc) is 0.757. The van der Waals surface area contributed by atoms with Crippen LogP contribution in [0.4, 0.5) is 11.4 Å². The summed E-state index contributed by atoms with van der Waals surface area (Å²) < 4.78 is 29.9. The van der Waals surface area contributed by atoms with Gasteiger partial charge in [-0.1, -0.05) is 102 Å². The molecule has 4 aliphatic carbocycles.